The van der Waals surface area contributed by atoms with Gasteiger partial charge in [-0.1, -0.05) is 6.92 Å². The average Bonchev–Trinajstić information content (AvgIpc) is 3.33. The number of aromatic nitrogens is 1. The summed E-state index contributed by atoms with van der Waals surface area (Å²) in [6, 6.07) is 6.03. The minimum atomic E-state index is 0.115. The van der Waals surface area contributed by atoms with Crippen molar-refractivity contribution in [3.05, 3.63) is 35.0 Å². The van der Waals surface area contributed by atoms with E-state index in [0.717, 1.165) is 79.8 Å². The molecule has 156 valence electrons. The summed E-state index contributed by atoms with van der Waals surface area (Å²) in [7, 11) is 0. The highest BCUT2D eigenvalue weighted by molar-refractivity contribution is 6.06. The highest BCUT2D eigenvalue weighted by Crippen LogP contribution is 2.33. The lowest BCUT2D eigenvalue weighted by atomic mass is 9.94. The first kappa shape index (κ1) is 20.1. The normalized spacial score (nSPS) is 19.7. The Hall–Kier alpha value is -2.14. The van der Waals surface area contributed by atoms with Gasteiger partial charge in [-0.25, -0.2) is 0 Å². The molecule has 1 saturated heterocycles. The molecular weight excluding hydrogens is 362 g/mol. The third kappa shape index (κ3) is 3.61. The van der Waals surface area contributed by atoms with Crippen LogP contribution in [0.1, 0.15) is 66.4 Å². The van der Waals surface area contributed by atoms with Crippen LogP contribution in [0.25, 0.3) is 10.9 Å². The van der Waals surface area contributed by atoms with Crippen LogP contribution in [-0.4, -0.2) is 58.8 Å². The zero-order chi connectivity index (χ0) is 20.5. The second-order valence-electron chi connectivity index (χ2n) is 8.47. The van der Waals surface area contributed by atoms with Gasteiger partial charge in [-0.05, 0) is 75.9 Å². The Kier molecular flexibility index (Phi) is 5.77. The van der Waals surface area contributed by atoms with Gasteiger partial charge in [0.1, 0.15) is 0 Å². The number of carbonyl (C=O) groups excluding carboxylic acids is 2. The van der Waals surface area contributed by atoms with E-state index in [2.05, 4.69) is 30.2 Å². The number of hydrogen-bond donors (Lipinski definition) is 0. The number of fused-ring (bicyclic) bond motifs is 3. The number of hydrogen-bond acceptors (Lipinski definition) is 3. The van der Waals surface area contributed by atoms with Crippen molar-refractivity contribution in [1.82, 2.24) is 14.4 Å². The molecule has 29 heavy (non-hydrogen) atoms. The molecule has 1 aromatic carbocycles. The molecule has 1 aliphatic heterocycles. The standard InChI is InChI=1S/C24H33N3O2/c1-4-25-13-12-17(15-25)16-26(5-2)24(29)18-10-11-21-20(14-18)19-8-7-9-22(28)23(19)27(21)6-3/h10-11,14,17H,4-9,12-13,15-16H2,1-3H3. The lowest BCUT2D eigenvalue weighted by molar-refractivity contribution is 0.0739. The van der Waals surface area contributed by atoms with Crippen LogP contribution >= 0.6 is 0 Å². The van der Waals surface area contributed by atoms with Crippen LogP contribution in [0.15, 0.2) is 18.2 Å². The van der Waals surface area contributed by atoms with Gasteiger partial charge in [-0.2, -0.15) is 0 Å². The molecule has 1 unspecified atom stereocenters. The Morgan fingerprint density at radius 2 is 2.00 bits per heavy atom. The second-order valence-corrected chi connectivity index (χ2v) is 8.47. The van der Waals surface area contributed by atoms with Crippen molar-refractivity contribution >= 4 is 22.6 Å². The molecule has 2 heterocycles. The molecule has 1 fully saturated rings. The summed E-state index contributed by atoms with van der Waals surface area (Å²) in [5.74, 6) is 0.924. The van der Waals surface area contributed by atoms with E-state index < -0.39 is 0 Å². The van der Waals surface area contributed by atoms with E-state index in [0.29, 0.717) is 12.3 Å². The minimum Gasteiger partial charge on any atom is -0.339 e. The Bertz CT molecular complexity index is 930. The lowest BCUT2D eigenvalue weighted by Crippen LogP contribution is -2.36. The second kappa shape index (κ2) is 8.31. The van der Waals surface area contributed by atoms with Gasteiger partial charge in [0.15, 0.2) is 5.78 Å². The highest BCUT2D eigenvalue weighted by Gasteiger charge is 2.28. The number of carbonyl (C=O) groups is 2. The van der Waals surface area contributed by atoms with Crippen molar-refractivity contribution in [2.24, 2.45) is 5.92 Å². The quantitative estimate of drug-likeness (QED) is 0.743. The summed E-state index contributed by atoms with van der Waals surface area (Å²) in [6.07, 6.45) is 3.64. The topological polar surface area (TPSA) is 45.5 Å². The number of Topliss-reactive ketones (excluding diaryl/α,β-unsaturated/α-hetero) is 1. The molecule has 2 aliphatic rings. The van der Waals surface area contributed by atoms with Gasteiger partial charge in [-0.15, -0.1) is 0 Å². The van der Waals surface area contributed by atoms with Gasteiger partial charge in [0, 0.05) is 49.1 Å². The number of rotatable bonds is 6. The molecule has 0 bridgehead atoms. The van der Waals surface area contributed by atoms with Crippen molar-refractivity contribution in [3.63, 3.8) is 0 Å². The zero-order valence-corrected chi connectivity index (χ0v) is 18.0. The van der Waals surface area contributed by atoms with Crippen LogP contribution in [0, 0.1) is 5.92 Å². The van der Waals surface area contributed by atoms with E-state index in [1.54, 1.807) is 0 Å². The van der Waals surface area contributed by atoms with Crippen molar-refractivity contribution < 1.29 is 9.59 Å². The Morgan fingerprint density at radius 1 is 1.17 bits per heavy atom. The first-order valence-corrected chi connectivity index (χ1v) is 11.3. The molecule has 5 nitrogen and oxygen atoms in total. The smallest absolute Gasteiger partial charge is 0.253 e. The Labute approximate surface area is 173 Å². The molecule has 5 heteroatoms. The van der Waals surface area contributed by atoms with Gasteiger partial charge in [0.25, 0.3) is 5.91 Å². The van der Waals surface area contributed by atoms with Gasteiger partial charge < -0.3 is 14.4 Å². The zero-order valence-electron chi connectivity index (χ0n) is 18.0. The Balaban J connectivity index is 1.63. The number of benzene rings is 1. The summed E-state index contributed by atoms with van der Waals surface area (Å²) in [5, 5.41) is 1.09. The maximum Gasteiger partial charge on any atom is 0.253 e. The third-order valence-corrected chi connectivity index (χ3v) is 6.79. The molecule has 1 atom stereocenters. The first-order valence-electron chi connectivity index (χ1n) is 11.3. The van der Waals surface area contributed by atoms with Crippen LogP contribution in [0.4, 0.5) is 0 Å². The van der Waals surface area contributed by atoms with Crippen molar-refractivity contribution in [1.29, 1.82) is 0 Å². The summed E-state index contributed by atoms with van der Waals surface area (Å²) in [6.45, 7) is 12.0. The number of likely N-dealkylation sites (tertiary alicyclic amines) is 1. The van der Waals surface area contributed by atoms with Crippen molar-refractivity contribution in [3.8, 4) is 0 Å². The largest absolute Gasteiger partial charge is 0.339 e. The highest BCUT2D eigenvalue weighted by atomic mass is 16.2. The van der Waals surface area contributed by atoms with Gasteiger partial charge in [0.2, 0.25) is 0 Å². The van der Waals surface area contributed by atoms with Gasteiger partial charge in [-0.3, -0.25) is 9.59 Å². The van der Waals surface area contributed by atoms with Crippen LogP contribution in [0.5, 0.6) is 0 Å². The fraction of sp³-hybridized carbons (Fsp3) is 0.583. The van der Waals surface area contributed by atoms with Crippen LogP contribution in [0.2, 0.25) is 0 Å². The molecule has 1 aliphatic carbocycles. The number of nitrogens with zero attached hydrogens (tertiary/aromatic N) is 3. The molecule has 0 saturated carbocycles. The molecule has 1 amide bonds. The molecule has 4 rings (SSSR count). The van der Waals surface area contributed by atoms with E-state index >= 15 is 0 Å². The first-order chi connectivity index (χ1) is 14.1. The lowest BCUT2D eigenvalue weighted by Gasteiger charge is -2.25. The predicted molar refractivity (Wildman–Crippen MR) is 117 cm³/mol. The SMILES string of the molecule is CCN1CCC(CN(CC)C(=O)c2ccc3c(c2)c2c(n3CC)C(=O)CCC2)C1. The summed E-state index contributed by atoms with van der Waals surface area (Å²) >= 11 is 0. The van der Waals surface area contributed by atoms with E-state index in [9.17, 15) is 9.59 Å². The van der Waals surface area contributed by atoms with Crippen LogP contribution in [-0.2, 0) is 13.0 Å². The monoisotopic (exact) mass is 395 g/mol. The van der Waals surface area contributed by atoms with E-state index in [4.69, 9.17) is 0 Å². The molecule has 0 radical (unpaired) electrons. The number of amides is 1. The summed E-state index contributed by atoms with van der Waals surface area (Å²) in [5.41, 5.74) is 3.85. The fourth-order valence-corrected chi connectivity index (χ4v) is 5.20. The Morgan fingerprint density at radius 3 is 2.69 bits per heavy atom. The molecule has 2 aromatic rings. The van der Waals surface area contributed by atoms with Gasteiger partial charge >= 0.3 is 0 Å². The van der Waals surface area contributed by atoms with E-state index in [1.807, 2.05) is 23.1 Å². The van der Waals surface area contributed by atoms with Gasteiger partial charge in [0.05, 0.1) is 5.69 Å². The number of aryl methyl sites for hydroxylation is 2. The van der Waals surface area contributed by atoms with Crippen molar-refractivity contribution in [2.75, 3.05) is 32.7 Å². The predicted octanol–water partition coefficient (Wildman–Crippen LogP) is 3.98. The fourth-order valence-electron chi connectivity index (χ4n) is 5.20. The molecule has 1 aromatic heterocycles. The molecule has 0 N–H and O–H groups in total. The van der Waals surface area contributed by atoms with E-state index in [1.165, 1.54) is 6.42 Å². The van der Waals surface area contributed by atoms with Crippen LogP contribution in [0.3, 0.4) is 0 Å². The van der Waals surface area contributed by atoms with Crippen LogP contribution < -0.4 is 0 Å². The molecule has 0 spiro atoms. The van der Waals surface area contributed by atoms with E-state index in [-0.39, 0.29) is 11.7 Å². The minimum absolute atomic E-state index is 0.115. The maximum atomic E-state index is 13.3. The maximum absolute atomic E-state index is 13.3. The average molecular weight is 396 g/mol. The van der Waals surface area contributed by atoms with Crippen molar-refractivity contribution in [2.45, 2.75) is 53.0 Å². The summed E-state index contributed by atoms with van der Waals surface area (Å²) < 4.78 is 2.13. The molecular formula is C24H33N3O2. The third-order valence-electron chi connectivity index (χ3n) is 6.79. The number of ketones is 1. The summed E-state index contributed by atoms with van der Waals surface area (Å²) in [4.78, 5) is 30.3.